The number of halogens is 3. The minimum Gasteiger partial charge on any atom is -0.354 e. The van der Waals surface area contributed by atoms with Crippen LogP contribution < -0.4 is 5.32 Å². The van der Waals surface area contributed by atoms with Crippen LogP contribution in [0, 0.1) is 0 Å². The van der Waals surface area contributed by atoms with Gasteiger partial charge in [0, 0.05) is 22.7 Å². The first-order valence-corrected chi connectivity index (χ1v) is 8.36. The zero-order valence-corrected chi connectivity index (χ0v) is 14.6. The molecule has 7 heteroatoms. The fourth-order valence-electron chi connectivity index (χ4n) is 1.40. The molecule has 0 aliphatic heterocycles. The summed E-state index contributed by atoms with van der Waals surface area (Å²) in [6, 6.07) is 5.36. The van der Waals surface area contributed by atoms with E-state index in [0.29, 0.717) is 16.0 Å². The zero-order chi connectivity index (χ0) is 14.5. The molecule has 106 valence electrons. The Morgan fingerprint density at radius 2 is 2.15 bits per heavy atom. The highest BCUT2D eigenvalue weighted by atomic mass is 79.9. The number of nitrogens with zero attached hydrogens (tertiary/aromatic N) is 2. The fraction of sp³-hybridized carbons (Fsp3) is 0.231. The molecule has 1 aromatic heterocycles. The predicted octanol–water partition coefficient (Wildman–Crippen LogP) is 5.52. The summed E-state index contributed by atoms with van der Waals surface area (Å²) in [7, 11) is 0. The third-order valence-electron chi connectivity index (χ3n) is 2.34. The van der Waals surface area contributed by atoms with Crippen LogP contribution in [0.5, 0.6) is 0 Å². The SMILES string of the molecule is CCCNc1ncc(Br)c(Sc2cc(Cl)ccc2Cl)n1. The van der Waals surface area contributed by atoms with E-state index in [1.807, 2.05) is 6.07 Å². The van der Waals surface area contributed by atoms with Crippen molar-refractivity contribution in [2.24, 2.45) is 0 Å². The van der Waals surface area contributed by atoms with Gasteiger partial charge in [-0.3, -0.25) is 0 Å². The topological polar surface area (TPSA) is 37.8 Å². The van der Waals surface area contributed by atoms with Crippen molar-refractivity contribution in [1.82, 2.24) is 9.97 Å². The number of aromatic nitrogens is 2. The molecule has 1 heterocycles. The Hall–Kier alpha value is -0.490. The van der Waals surface area contributed by atoms with Gasteiger partial charge in [0.2, 0.25) is 5.95 Å². The summed E-state index contributed by atoms with van der Waals surface area (Å²) in [5.74, 6) is 0.607. The van der Waals surface area contributed by atoms with E-state index >= 15 is 0 Å². The first-order chi connectivity index (χ1) is 9.60. The van der Waals surface area contributed by atoms with Gasteiger partial charge in [0.15, 0.2) is 0 Å². The van der Waals surface area contributed by atoms with Crippen LogP contribution in [0.1, 0.15) is 13.3 Å². The zero-order valence-electron chi connectivity index (χ0n) is 10.7. The molecule has 0 atom stereocenters. The molecule has 0 bridgehead atoms. The van der Waals surface area contributed by atoms with Gasteiger partial charge in [0.05, 0.1) is 9.50 Å². The fourth-order valence-corrected chi connectivity index (χ4v) is 3.15. The summed E-state index contributed by atoms with van der Waals surface area (Å²) in [5, 5.41) is 5.24. The van der Waals surface area contributed by atoms with Crippen molar-refractivity contribution in [3.63, 3.8) is 0 Å². The summed E-state index contributed by atoms with van der Waals surface area (Å²) < 4.78 is 0.820. The van der Waals surface area contributed by atoms with E-state index in [1.54, 1.807) is 18.3 Å². The molecule has 0 saturated heterocycles. The molecule has 2 aromatic rings. The number of hydrogen-bond donors (Lipinski definition) is 1. The molecule has 0 radical (unpaired) electrons. The van der Waals surface area contributed by atoms with Gasteiger partial charge in [-0.1, -0.05) is 41.9 Å². The van der Waals surface area contributed by atoms with Crippen molar-refractivity contribution in [3.8, 4) is 0 Å². The highest BCUT2D eigenvalue weighted by Crippen LogP contribution is 2.37. The molecular formula is C13H12BrCl2N3S. The number of nitrogens with one attached hydrogen (secondary N) is 1. The van der Waals surface area contributed by atoms with Crippen LogP contribution in [0.15, 0.2) is 38.8 Å². The Labute approximate surface area is 140 Å². The van der Waals surface area contributed by atoms with Crippen molar-refractivity contribution in [3.05, 3.63) is 38.9 Å². The van der Waals surface area contributed by atoms with Gasteiger partial charge in [-0.15, -0.1) is 0 Å². The maximum atomic E-state index is 6.17. The first-order valence-electron chi connectivity index (χ1n) is 5.99. The van der Waals surface area contributed by atoms with Gasteiger partial charge in [-0.05, 0) is 40.5 Å². The van der Waals surface area contributed by atoms with E-state index < -0.39 is 0 Å². The van der Waals surface area contributed by atoms with Crippen LogP contribution in [-0.2, 0) is 0 Å². The molecule has 2 rings (SSSR count). The second-order valence-corrected chi connectivity index (χ2v) is 6.68. The Bertz CT molecular complexity index is 610. The van der Waals surface area contributed by atoms with E-state index in [9.17, 15) is 0 Å². The van der Waals surface area contributed by atoms with Crippen LogP contribution >= 0.6 is 50.9 Å². The van der Waals surface area contributed by atoms with Crippen molar-refractivity contribution in [2.45, 2.75) is 23.3 Å². The predicted molar refractivity (Wildman–Crippen MR) is 89.1 cm³/mol. The lowest BCUT2D eigenvalue weighted by Crippen LogP contribution is -2.04. The van der Waals surface area contributed by atoms with Crippen molar-refractivity contribution in [2.75, 3.05) is 11.9 Å². The lowest BCUT2D eigenvalue weighted by Gasteiger charge is -2.08. The summed E-state index contributed by atoms with van der Waals surface area (Å²) in [5.41, 5.74) is 0. The van der Waals surface area contributed by atoms with E-state index in [-0.39, 0.29) is 0 Å². The van der Waals surface area contributed by atoms with Crippen LogP contribution in [0.4, 0.5) is 5.95 Å². The minimum absolute atomic E-state index is 0.607. The summed E-state index contributed by atoms with van der Waals surface area (Å²) in [4.78, 5) is 9.55. The van der Waals surface area contributed by atoms with Gasteiger partial charge >= 0.3 is 0 Å². The van der Waals surface area contributed by atoms with Crippen LogP contribution in [0.3, 0.4) is 0 Å². The number of rotatable bonds is 5. The normalized spacial score (nSPS) is 10.6. The third-order valence-corrected chi connectivity index (χ3v) is 4.93. The summed E-state index contributed by atoms with van der Waals surface area (Å²) in [6.07, 6.45) is 2.74. The van der Waals surface area contributed by atoms with Gasteiger partial charge < -0.3 is 5.32 Å². The molecule has 0 spiro atoms. The molecule has 1 aromatic carbocycles. The quantitative estimate of drug-likeness (QED) is 0.679. The molecule has 0 aliphatic rings. The first kappa shape index (κ1) is 15.9. The Morgan fingerprint density at radius 1 is 1.35 bits per heavy atom. The monoisotopic (exact) mass is 391 g/mol. The van der Waals surface area contributed by atoms with Crippen molar-refractivity contribution >= 4 is 56.8 Å². The average molecular weight is 393 g/mol. The molecule has 3 nitrogen and oxygen atoms in total. The second-order valence-electron chi connectivity index (χ2n) is 3.95. The van der Waals surface area contributed by atoms with E-state index in [2.05, 4.69) is 38.1 Å². The second kappa shape index (κ2) is 7.50. The molecule has 0 unspecified atom stereocenters. The molecule has 0 saturated carbocycles. The third kappa shape index (κ3) is 4.25. The van der Waals surface area contributed by atoms with Crippen molar-refractivity contribution in [1.29, 1.82) is 0 Å². The molecule has 0 fully saturated rings. The summed E-state index contributed by atoms with van der Waals surface area (Å²) >= 11 is 17.1. The highest BCUT2D eigenvalue weighted by Gasteiger charge is 2.10. The van der Waals surface area contributed by atoms with Gasteiger partial charge in [0.25, 0.3) is 0 Å². The smallest absolute Gasteiger partial charge is 0.223 e. The largest absolute Gasteiger partial charge is 0.354 e. The minimum atomic E-state index is 0.607. The van der Waals surface area contributed by atoms with E-state index in [1.165, 1.54) is 11.8 Å². The van der Waals surface area contributed by atoms with Crippen LogP contribution in [0.25, 0.3) is 0 Å². The molecule has 1 N–H and O–H groups in total. The van der Waals surface area contributed by atoms with E-state index in [4.69, 9.17) is 23.2 Å². The van der Waals surface area contributed by atoms with Crippen LogP contribution in [-0.4, -0.2) is 16.5 Å². The van der Waals surface area contributed by atoms with Crippen molar-refractivity contribution < 1.29 is 0 Å². The Morgan fingerprint density at radius 3 is 2.90 bits per heavy atom. The van der Waals surface area contributed by atoms with E-state index in [0.717, 1.165) is 27.4 Å². The van der Waals surface area contributed by atoms with Crippen LogP contribution in [0.2, 0.25) is 10.0 Å². The highest BCUT2D eigenvalue weighted by molar-refractivity contribution is 9.10. The van der Waals surface area contributed by atoms with Gasteiger partial charge in [-0.25, -0.2) is 9.97 Å². The number of hydrogen-bond acceptors (Lipinski definition) is 4. The maximum absolute atomic E-state index is 6.17. The molecule has 0 amide bonds. The Kier molecular flexibility index (Phi) is 5.96. The molecule has 0 aliphatic carbocycles. The lowest BCUT2D eigenvalue weighted by molar-refractivity contribution is 0.930. The maximum Gasteiger partial charge on any atom is 0.223 e. The number of benzene rings is 1. The molecular weight excluding hydrogens is 381 g/mol. The lowest BCUT2D eigenvalue weighted by atomic mass is 10.4. The van der Waals surface area contributed by atoms with Gasteiger partial charge in [-0.2, -0.15) is 0 Å². The number of anilines is 1. The summed E-state index contributed by atoms with van der Waals surface area (Å²) in [6.45, 7) is 2.93. The average Bonchev–Trinajstić information content (AvgIpc) is 2.43. The van der Waals surface area contributed by atoms with Gasteiger partial charge in [0.1, 0.15) is 5.03 Å². The molecule has 20 heavy (non-hydrogen) atoms. The standard InChI is InChI=1S/C13H12BrCl2N3S/c1-2-5-17-13-18-7-9(14)12(19-13)20-11-6-8(15)3-4-10(11)16/h3-4,6-7H,2,5H2,1H3,(H,17,18,19). The Balaban J connectivity index is 2.25.